The van der Waals surface area contributed by atoms with E-state index in [0.717, 1.165) is 10.9 Å². The number of esters is 1. The van der Waals surface area contributed by atoms with Gasteiger partial charge in [0.2, 0.25) is 5.88 Å². The summed E-state index contributed by atoms with van der Waals surface area (Å²) in [7, 11) is 0. The van der Waals surface area contributed by atoms with E-state index in [4.69, 9.17) is 13.9 Å². The monoisotopic (exact) mass is 396 g/mol. The van der Waals surface area contributed by atoms with Gasteiger partial charge >= 0.3 is 11.6 Å². The lowest BCUT2D eigenvalue weighted by Gasteiger charge is -2.08. The lowest BCUT2D eigenvalue weighted by molar-refractivity contribution is 0.0531. The number of fused-ring (bicyclic) bond motifs is 2. The number of aromatic nitrogens is 2. The Morgan fingerprint density at radius 1 is 1.21 bits per heavy atom. The third kappa shape index (κ3) is 3.11. The van der Waals surface area contributed by atoms with Gasteiger partial charge in [0.1, 0.15) is 27.4 Å². The number of carbonyl (C=O) groups is 1. The maximum Gasteiger partial charge on any atom is 0.348 e. The van der Waals surface area contributed by atoms with Gasteiger partial charge in [0, 0.05) is 17.5 Å². The summed E-state index contributed by atoms with van der Waals surface area (Å²) in [6, 6.07) is 6.69. The standard InChI is InChI=1S/C20H16N2O5S/c1-4-25-20(24)17-11(3)16-18(21-9-22-19(16)28-17)26-12-5-6-13-10(2)7-15(23)27-14(13)8-12/h5-9H,4H2,1-3H3. The Morgan fingerprint density at radius 3 is 2.82 bits per heavy atom. The summed E-state index contributed by atoms with van der Waals surface area (Å²) in [5, 5.41) is 1.48. The predicted molar refractivity (Wildman–Crippen MR) is 105 cm³/mol. The Morgan fingerprint density at radius 2 is 2.04 bits per heavy atom. The maximum absolute atomic E-state index is 12.2. The number of ether oxygens (including phenoxy) is 2. The fraction of sp³-hybridized carbons (Fsp3) is 0.200. The number of rotatable bonds is 4. The van der Waals surface area contributed by atoms with Crippen LogP contribution in [0, 0.1) is 13.8 Å². The van der Waals surface area contributed by atoms with E-state index in [-0.39, 0.29) is 0 Å². The number of nitrogens with zero attached hydrogens (tertiary/aromatic N) is 2. The predicted octanol–water partition coefficient (Wildman–Crippen LogP) is 4.38. The Hall–Kier alpha value is -3.26. The lowest BCUT2D eigenvalue weighted by Crippen LogP contribution is -2.03. The van der Waals surface area contributed by atoms with Crippen molar-refractivity contribution in [3.8, 4) is 11.6 Å². The van der Waals surface area contributed by atoms with E-state index in [1.165, 1.54) is 23.7 Å². The van der Waals surface area contributed by atoms with Crippen molar-refractivity contribution in [3.05, 3.63) is 57.0 Å². The molecule has 0 radical (unpaired) electrons. The van der Waals surface area contributed by atoms with Crippen molar-refractivity contribution in [1.82, 2.24) is 9.97 Å². The van der Waals surface area contributed by atoms with E-state index in [0.29, 0.717) is 44.5 Å². The van der Waals surface area contributed by atoms with Gasteiger partial charge in [-0.3, -0.25) is 0 Å². The van der Waals surface area contributed by atoms with Gasteiger partial charge in [-0.1, -0.05) is 0 Å². The summed E-state index contributed by atoms with van der Waals surface area (Å²) in [5.74, 6) is 0.394. The summed E-state index contributed by atoms with van der Waals surface area (Å²) in [4.78, 5) is 33.4. The summed E-state index contributed by atoms with van der Waals surface area (Å²) in [5.41, 5.74) is 1.55. The van der Waals surface area contributed by atoms with E-state index in [9.17, 15) is 9.59 Å². The molecule has 0 atom stereocenters. The van der Waals surface area contributed by atoms with Crippen LogP contribution in [0.2, 0.25) is 0 Å². The topological polar surface area (TPSA) is 91.5 Å². The van der Waals surface area contributed by atoms with Crippen molar-refractivity contribution < 1.29 is 18.7 Å². The molecule has 142 valence electrons. The number of thiophene rings is 1. The molecule has 4 aromatic rings. The van der Waals surface area contributed by atoms with Crippen molar-refractivity contribution in [2.75, 3.05) is 6.61 Å². The van der Waals surface area contributed by atoms with Crippen molar-refractivity contribution in [3.63, 3.8) is 0 Å². The Labute approximate surface area is 163 Å². The number of benzene rings is 1. The van der Waals surface area contributed by atoms with Gasteiger partial charge in [0.15, 0.2) is 0 Å². The molecule has 8 heteroatoms. The molecule has 1 aromatic carbocycles. The molecule has 3 aromatic heterocycles. The lowest BCUT2D eigenvalue weighted by atomic mass is 10.1. The summed E-state index contributed by atoms with van der Waals surface area (Å²) in [6.45, 7) is 5.71. The maximum atomic E-state index is 12.2. The van der Waals surface area contributed by atoms with Crippen LogP contribution >= 0.6 is 11.3 Å². The molecule has 3 heterocycles. The quantitative estimate of drug-likeness (QED) is 0.373. The van der Waals surface area contributed by atoms with Crippen LogP contribution in [0.4, 0.5) is 0 Å². The third-order valence-electron chi connectivity index (χ3n) is 4.29. The zero-order valence-corrected chi connectivity index (χ0v) is 16.3. The van der Waals surface area contributed by atoms with Crippen molar-refractivity contribution in [2.24, 2.45) is 0 Å². The highest BCUT2D eigenvalue weighted by Gasteiger charge is 2.21. The Kier molecular flexibility index (Phi) is 4.56. The number of hydrogen-bond acceptors (Lipinski definition) is 8. The molecule has 0 saturated heterocycles. The van der Waals surface area contributed by atoms with E-state index in [1.54, 1.807) is 19.1 Å². The Balaban J connectivity index is 1.79. The largest absolute Gasteiger partial charge is 0.462 e. The van der Waals surface area contributed by atoms with E-state index >= 15 is 0 Å². The van der Waals surface area contributed by atoms with Crippen LogP contribution in [-0.2, 0) is 4.74 Å². The van der Waals surface area contributed by atoms with Crippen LogP contribution in [-0.4, -0.2) is 22.5 Å². The highest BCUT2D eigenvalue weighted by molar-refractivity contribution is 7.20. The molecule has 0 amide bonds. The second kappa shape index (κ2) is 7.05. The number of carbonyl (C=O) groups excluding carboxylic acids is 1. The van der Waals surface area contributed by atoms with Crippen LogP contribution < -0.4 is 10.4 Å². The van der Waals surface area contributed by atoms with E-state index in [2.05, 4.69) is 9.97 Å². The molecule has 0 aliphatic rings. The van der Waals surface area contributed by atoms with Gasteiger partial charge in [0.05, 0.1) is 12.0 Å². The molecule has 0 N–H and O–H groups in total. The third-order valence-corrected chi connectivity index (χ3v) is 5.47. The van der Waals surface area contributed by atoms with Crippen LogP contribution in [0.15, 0.2) is 39.8 Å². The van der Waals surface area contributed by atoms with E-state index in [1.807, 2.05) is 19.9 Å². The van der Waals surface area contributed by atoms with Gasteiger partial charge in [-0.15, -0.1) is 11.3 Å². The van der Waals surface area contributed by atoms with Crippen molar-refractivity contribution in [1.29, 1.82) is 0 Å². The smallest absolute Gasteiger partial charge is 0.348 e. The molecule has 0 fully saturated rings. The van der Waals surface area contributed by atoms with Crippen molar-refractivity contribution in [2.45, 2.75) is 20.8 Å². The minimum absolute atomic E-state index is 0.295. The zero-order valence-electron chi connectivity index (χ0n) is 15.4. The molecule has 0 unspecified atom stereocenters. The van der Waals surface area contributed by atoms with Gasteiger partial charge < -0.3 is 13.9 Å². The first-order valence-electron chi connectivity index (χ1n) is 8.61. The highest BCUT2D eigenvalue weighted by atomic mass is 32.1. The minimum atomic E-state index is -0.417. The average molecular weight is 396 g/mol. The molecular weight excluding hydrogens is 380 g/mol. The normalized spacial score (nSPS) is 11.1. The molecule has 4 rings (SSSR count). The fourth-order valence-corrected chi connectivity index (χ4v) is 4.02. The highest BCUT2D eigenvalue weighted by Crippen LogP contribution is 2.37. The first-order valence-corrected chi connectivity index (χ1v) is 9.43. The van der Waals surface area contributed by atoms with Crippen LogP contribution in [0.1, 0.15) is 27.7 Å². The first-order chi connectivity index (χ1) is 13.5. The van der Waals surface area contributed by atoms with Crippen LogP contribution in [0.25, 0.3) is 21.2 Å². The second-order valence-electron chi connectivity index (χ2n) is 6.14. The SMILES string of the molecule is CCOC(=O)c1sc2ncnc(Oc3ccc4c(C)cc(=O)oc4c3)c2c1C. The second-order valence-corrected chi connectivity index (χ2v) is 7.14. The minimum Gasteiger partial charge on any atom is -0.462 e. The molecule has 0 aliphatic carbocycles. The number of aryl methyl sites for hydroxylation is 2. The van der Waals surface area contributed by atoms with Gasteiger partial charge in [0.25, 0.3) is 0 Å². The molecule has 0 saturated carbocycles. The van der Waals surface area contributed by atoms with Gasteiger partial charge in [-0.2, -0.15) is 0 Å². The zero-order chi connectivity index (χ0) is 19.8. The average Bonchev–Trinajstić information content (AvgIpc) is 2.99. The molecule has 7 nitrogen and oxygen atoms in total. The van der Waals surface area contributed by atoms with Crippen LogP contribution in [0.5, 0.6) is 11.6 Å². The van der Waals surface area contributed by atoms with Gasteiger partial charge in [-0.05, 0) is 44.0 Å². The molecule has 0 bridgehead atoms. The van der Waals surface area contributed by atoms with Crippen LogP contribution in [0.3, 0.4) is 0 Å². The molecule has 28 heavy (non-hydrogen) atoms. The van der Waals surface area contributed by atoms with Crippen molar-refractivity contribution >= 4 is 38.5 Å². The first kappa shape index (κ1) is 18.1. The summed E-state index contributed by atoms with van der Waals surface area (Å²) >= 11 is 1.24. The van der Waals surface area contributed by atoms with Gasteiger partial charge in [-0.25, -0.2) is 19.6 Å². The fourth-order valence-electron chi connectivity index (χ4n) is 2.99. The summed E-state index contributed by atoms with van der Waals surface area (Å²) < 4.78 is 16.3. The molecular formula is C20H16N2O5S. The summed E-state index contributed by atoms with van der Waals surface area (Å²) in [6.07, 6.45) is 1.38. The van der Waals surface area contributed by atoms with E-state index < -0.39 is 11.6 Å². The molecule has 0 aliphatic heterocycles. The number of hydrogen-bond donors (Lipinski definition) is 0. The Bertz CT molecular complexity index is 1280. The molecule has 0 spiro atoms.